The van der Waals surface area contributed by atoms with E-state index in [2.05, 4.69) is 45.9 Å². The minimum absolute atomic E-state index is 0.342. The molecule has 1 aromatic heterocycles. The van der Waals surface area contributed by atoms with Crippen LogP contribution in [0.2, 0.25) is 0 Å². The van der Waals surface area contributed by atoms with Crippen LogP contribution in [-0.4, -0.2) is 11.5 Å². The Morgan fingerprint density at radius 3 is 2.56 bits per heavy atom. The average molecular weight is 260 g/mol. The first-order chi connectivity index (χ1) is 8.52. The van der Waals surface area contributed by atoms with Crippen LogP contribution in [0.1, 0.15) is 33.9 Å². The van der Waals surface area contributed by atoms with Gasteiger partial charge in [-0.25, -0.2) is 4.98 Å². The maximum Gasteiger partial charge on any atom is 0.0976 e. The smallest absolute Gasteiger partial charge is 0.0976 e. The van der Waals surface area contributed by atoms with E-state index in [0.717, 1.165) is 10.7 Å². The van der Waals surface area contributed by atoms with E-state index in [1.165, 1.54) is 21.6 Å². The molecule has 96 valence electrons. The zero-order valence-electron chi connectivity index (χ0n) is 11.4. The molecule has 0 aliphatic rings. The molecule has 2 aromatic rings. The highest BCUT2D eigenvalue weighted by molar-refractivity contribution is 7.12. The molecule has 2 N–H and O–H groups in total. The topological polar surface area (TPSA) is 38.9 Å². The maximum absolute atomic E-state index is 5.71. The Morgan fingerprint density at radius 2 is 1.94 bits per heavy atom. The fraction of sp³-hybridized carbons (Fsp3) is 0.400. The Morgan fingerprint density at radius 1 is 1.22 bits per heavy atom. The summed E-state index contributed by atoms with van der Waals surface area (Å²) < 4.78 is 0. The van der Waals surface area contributed by atoms with Gasteiger partial charge in [0.05, 0.1) is 10.7 Å². The van der Waals surface area contributed by atoms with Gasteiger partial charge >= 0.3 is 0 Å². The molecule has 18 heavy (non-hydrogen) atoms. The molecule has 0 saturated carbocycles. The van der Waals surface area contributed by atoms with Crippen LogP contribution < -0.4 is 5.73 Å². The largest absolute Gasteiger partial charge is 0.330 e. The number of thiazole rings is 1. The predicted octanol–water partition coefficient (Wildman–Crippen LogP) is 3.80. The lowest BCUT2D eigenvalue weighted by molar-refractivity contribution is 0.766. The first-order valence-electron chi connectivity index (χ1n) is 6.28. The summed E-state index contributed by atoms with van der Waals surface area (Å²) in [4.78, 5) is 6.03. The summed E-state index contributed by atoms with van der Waals surface area (Å²) in [5.41, 5.74) is 10.7. The maximum atomic E-state index is 5.71. The van der Waals surface area contributed by atoms with Crippen molar-refractivity contribution in [3.8, 4) is 11.3 Å². The van der Waals surface area contributed by atoms with Gasteiger partial charge in [0.1, 0.15) is 0 Å². The fourth-order valence-electron chi connectivity index (χ4n) is 1.89. The summed E-state index contributed by atoms with van der Waals surface area (Å²) in [5, 5.41) is 1.14. The summed E-state index contributed by atoms with van der Waals surface area (Å²) in [7, 11) is 0. The third-order valence-electron chi connectivity index (χ3n) is 3.37. The molecule has 3 heteroatoms. The molecule has 1 heterocycles. The first kappa shape index (κ1) is 13.2. The minimum Gasteiger partial charge on any atom is -0.330 e. The summed E-state index contributed by atoms with van der Waals surface area (Å²) in [6.45, 7) is 9.19. The zero-order chi connectivity index (χ0) is 13.3. The number of hydrogen-bond donors (Lipinski definition) is 1. The van der Waals surface area contributed by atoms with Gasteiger partial charge in [-0.3, -0.25) is 0 Å². The lowest BCUT2D eigenvalue weighted by Crippen LogP contribution is -2.08. The quantitative estimate of drug-likeness (QED) is 0.911. The second kappa shape index (κ2) is 5.21. The van der Waals surface area contributed by atoms with E-state index in [-0.39, 0.29) is 0 Å². The third-order valence-corrected chi connectivity index (χ3v) is 4.57. The number of aromatic nitrogens is 1. The average Bonchev–Trinajstić information content (AvgIpc) is 2.74. The summed E-state index contributed by atoms with van der Waals surface area (Å²) in [5.74, 6) is 0.342. The van der Waals surface area contributed by atoms with Crippen LogP contribution in [-0.2, 0) is 0 Å². The Balaban J connectivity index is 2.44. The van der Waals surface area contributed by atoms with E-state index in [9.17, 15) is 0 Å². The van der Waals surface area contributed by atoms with Crippen LogP contribution in [0.25, 0.3) is 11.3 Å². The number of nitrogens with zero attached hydrogens (tertiary/aromatic N) is 1. The highest BCUT2D eigenvalue weighted by Gasteiger charge is 2.14. The number of nitrogens with two attached hydrogens (primary N) is 1. The molecule has 0 aliphatic carbocycles. The SMILES string of the molecule is Cc1ccc(-c2nc(C(C)CN)sc2C)cc1C. The zero-order valence-corrected chi connectivity index (χ0v) is 12.3. The molecule has 2 nitrogen and oxygen atoms in total. The van der Waals surface area contributed by atoms with Gasteiger partial charge in [0.2, 0.25) is 0 Å². The molecule has 0 bridgehead atoms. The molecule has 1 atom stereocenters. The van der Waals surface area contributed by atoms with E-state index < -0.39 is 0 Å². The third kappa shape index (κ3) is 2.47. The van der Waals surface area contributed by atoms with Gasteiger partial charge in [0.25, 0.3) is 0 Å². The van der Waals surface area contributed by atoms with E-state index in [1.807, 2.05) is 0 Å². The Kier molecular flexibility index (Phi) is 3.83. The molecule has 1 unspecified atom stereocenters. The number of hydrogen-bond acceptors (Lipinski definition) is 3. The predicted molar refractivity (Wildman–Crippen MR) is 79.2 cm³/mol. The van der Waals surface area contributed by atoms with E-state index in [4.69, 9.17) is 10.7 Å². The molecule has 0 radical (unpaired) electrons. The lowest BCUT2D eigenvalue weighted by atomic mass is 10.0. The molecule has 0 saturated heterocycles. The van der Waals surface area contributed by atoms with Gasteiger partial charge in [-0.1, -0.05) is 19.1 Å². The summed E-state index contributed by atoms with van der Waals surface area (Å²) in [6.07, 6.45) is 0. The van der Waals surface area contributed by atoms with Crippen molar-refractivity contribution in [1.82, 2.24) is 4.98 Å². The molecule has 0 fully saturated rings. The van der Waals surface area contributed by atoms with Gasteiger partial charge in [-0.15, -0.1) is 11.3 Å². The van der Waals surface area contributed by atoms with Crippen LogP contribution >= 0.6 is 11.3 Å². The molecule has 0 amide bonds. The first-order valence-corrected chi connectivity index (χ1v) is 7.09. The van der Waals surface area contributed by atoms with Crippen molar-refractivity contribution >= 4 is 11.3 Å². The van der Waals surface area contributed by atoms with Crippen LogP contribution in [0.15, 0.2) is 18.2 Å². The van der Waals surface area contributed by atoms with Gasteiger partial charge in [0, 0.05) is 22.9 Å². The van der Waals surface area contributed by atoms with Crippen molar-refractivity contribution in [2.45, 2.75) is 33.6 Å². The normalized spacial score (nSPS) is 12.7. The highest BCUT2D eigenvalue weighted by atomic mass is 32.1. The molecule has 1 aromatic carbocycles. The molecule has 0 aliphatic heterocycles. The van der Waals surface area contributed by atoms with Crippen molar-refractivity contribution in [1.29, 1.82) is 0 Å². The fourth-order valence-corrected chi connectivity index (χ4v) is 2.89. The van der Waals surface area contributed by atoms with E-state index in [1.54, 1.807) is 11.3 Å². The second-order valence-electron chi connectivity index (χ2n) is 4.89. The summed E-state index contributed by atoms with van der Waals surface area (Å²) in [6, 6.07) is 6.53. The van der Waals surface area contributed by atoms with Gasteiger partial charge < -0.3 is 5.73 Å². The minimum atomic E-state index is 0.342. The van der Waals surface area contributed by atoms with Gasteiger partial charge in [0.15, 0.2) is 0 Å². The number of aryl methyl sites for hydroxylation is 3. The van der Waals surface area contributed by atoms with Crippen LogP contribution in [0.3, 0.4) is 0 Å². The van der Waals surface area contributed by atoms with Gasteiger partial charge in [-0.05, 0) is 38.0 Å². The Hall–Kier alpha value is -1.19. The second-order valence-corrected chi connectivity index (χ2v) is 6.13. The highest BCUT2D eigenvalue weighted by Crippen LogP contribution is 2.31. The molecule has 0 spiro atoms. The lowest BCUT2D eigenvalue weighted by Gasteiger charge is -2.04. The van der Waals surface area contributed by atoms with Crippen LogP contribution in [0, 0.1) is 20.8 Å². The molecule has 2 rings (SSSR count). The van der Waals surface area contributed by atoms with Gasteiger partial charge in [-0.2, -0.15) is 0 Å². The Bertz CT molecular complexity index is 558. The van der Waals surface area contributed by atoms with Crippen molar-refractivity contribution in [3.63, 3.8) is 0 Å². The summed E-state index contributed by atoms with van der Waals surface area (Å²) >= 11 is 1.76. The van der Waals surface area contributed by atoms with Crippen LogP contribution in [0.4, 0.5) is 0 Å². The number of rotatable bonds is 3. The van der Waals surface area contributed by atoms with E-state index in [0.29, 0.717) is 12.5 Å². The molecular weight excluding hydrogens is 240 g/mol. The van der Waals surface area contributed by atoms with E-state index >= 15 is 0 Å². The van der Waals surface area contributed by atoms with Crippen molar-refractivity contribution in [3.05, 3.63) is 39.2 Å². The molecular formula is C15H20N2S. The van der Waals surface area contributed by atoms with Crippen molar-refractivity contribution < 1.29 is 0 Å². The van der Waals surface area contributed by atoms with Crippen molar-refractivity contribution in [2.24, 2.45) is 5.73 Å². The number of benzene rings is 1. The van der Waals surface area contributed by atoms with Crippen LogP contribution in [0.5, 0.6) is 0 Å². The van der Waals surface area contributed by atoms with Crippen molar-refractivity contribution in [2.75, 3.05) is 6.54 Å². The monoisotopic (exact) mass is 260 g/mol. The standard InChI is InChI=1S/C15H20N2S/c1-9-5-6-13(7-10(9)2)14-12(4)18-15(17-14)11(3)8-16/h5-7,11H,8,16H2,1-4H3. The Labute approximate surface area is 113 Å².